The number of nitrogens with two attached hydrogens (primary N) is 1. The van der Waals surface area contributed by atoms with E-state index in [2.05, 4.69) is 0 Å². The molecule has 5 rings (SSSR count). The Kier molecular flexibility index (Phi) is 5.40. The van der Waals surface area contributed by atoms with Gasteiger partial charge < -0.3 is 26.2 Å². The van der Waals surface area contributed by atoms with Crippen LogP contribution in [-0.4, -0.2) is 68.5 Å². The van der Waals surface area contributed by atoms with E-state index in [4.69, 9.17) is 5.73 Å². The van der Waals surface area contributed by atoms with Crippen molar-refractivity contribution in [2.24, 2.45) is 17.6 Å². The van der Waals surface area contributed by atoms with Crippen LogP contribution in [-0.2, 0) is 16.0 Å². The van der Waals surface area contributed by atoms with Crippen molar-refractivity contribution < 1.29 is 34.8 Å². The van der Waals surface area contributed by atoms with Crippen LogP contribution in [0.2, 0.25) is 0 Å². The molecule has 6 N–H and O–H groups in total. The molecule has 3 aliphatic carbocycles. The zero-order valence-electron chi connectivity index (χ0n) is 19.9. The average molecular weight is 511 g/mol. The number of rotatable bonds is 3. The van der Waals surface area contributed by atoms with E-state index in [1.165, 1.54) is 11.0 Å². The van der Waals surface area contributed by atoms with E-state index in [-0.39, 0.29) is 29.7 Å². The van der Waals surface area contributed by atoms with Gasteiger partial charge in [-0.3, -0.25) is 19.3 Å². The Morgan fingerprint density at radius 3 is 2.42 bits per heavy atom. The fraction of sp³-hybridized carbons (Fsp3) is 0.346. The van der Waals surface area contributed by atoms with Crippen molar-refractivity contribution in [3.8, 4) is 16.2 Å². The topological polar surface area (TPSA) is 161 Å². The molecule has 188 valence electrons. The SMILES string of the molecule is Cc1ccc(-c2ccc(O)c3c2C[C@H]2C[C@H]4[C@H](N(C)C)C(O)=C(C(N)=O)C(=O)[C@@]4(O)C(O)=C2C3=O)s1. The molecule has 10 heteroatoms. The molecular weight excluding hydrogens is 484 g/mol. The number of hydrogen-bond donors (Lipinski definition) is 5. The van der Waals surface area contributed by atoms with Gasteiger partial charge in [-0.25, -0.2) is 0 Å². The second-order valence-electron chi connectivity index (χ2n) is 9.86. The van der Waals surface area contributed by atoms with Crippen LogP contribution >= 0.6 is 11.3 Å². The first-order chi connectivity index (χ1) is 16.9. The number of aliphatic hydroxyl groups is 3. The third-order valence-electron chi connectivity index (χ3n) is 7.61. The van der Waals surface area contributed by atoms with Gasteiger partial charge in [0, 0.05) is 21.2 Å². The van der Waals surface area contributed by atoms with Gasteiger partial charge in [0.15, 0.2) is 11.4 Å². The molecule has 0 unspecified atom stereocenters. The van der Waals surface area contributed by atoms with E-state index < -0.39 is 58.0 Å². The van der Waals surface area contributed by atoms with Crippen LogP contribution in [0.1, 0.15) is 27.2 Å². The number of aromatic hydroxyl groups is 1. The van der Waals surface area contributed by atoms with Crippen LogP contribution in [0.15, 0.2) is 46.9 Å². The molecule has 0 spiro atoms. The first kappa shape index (κ1) is 24.2. The summed E-state index contributed by atoms with van der Waals surface area (Å²) in [5.41, 5.74) is 3.15. The maximum Gasteiger partial charge on any atom is 0.255 e. The summed E-state index contributed by atoms with van der Waals surface area (Å²) >= 11 is 1.55. The van der Waals surface area contributed by atoms with Gasteiger partial charge in [0.1, 0.15) is 22.8 Å². The second-order valence-corrected chi connectivity index (χ2v) is 11.1. The first-order valence-electron chi connectivity index (χ1n) is 11.5. The molecule has 1 aromatic heterocycles. The number of benzene rings is 1. The average Bonchev–Trinajstić information content (AvgIpc) is 3.22. The highest BCUT2D eigenvalue weighted by Crippen LogP contribution is 2.53. The van der Waals surface area contributed by atoms with Gasteiger partial charge in [0.05, 0.1) is 11.6 Å². The number of aryl methyl sites for hydroxylation is 1. The van der Waals surface area contributed by atoms with Crippen molar-refractivity contribution in [1.29, 1.82) is 0 Å². The molecule has 1 aromatic carbocycles. The Morgan fingerprint density at radius 1 is 1.14 bits per heavy atom. The van der Waals surface area contributed by atoms with Crippen molar-refractivity contribution in [3.63, 3.8) is 0 Å². The second kappa shape index (κ2) is 8.02. The van der Waals surface area contributed by atoms with E-state index in [9.17, 15) is 34.8 Å². The Morgan fingerprint density at radius 2 is 1.83 bits per heavy atom. The fourth-order valence-electron chi connectivity index (χ4n) is 6.06. The molecule has 0 bridgehead atoms. The van der Waals surface area contributed by atoms with Crippen LogP contribution in [0.25, 0.3) is 10.4 Å². The highest BCUT2D eigenvalue weighted by atomic mass is 32.1. The molecule has 4 atom stereocenters. The van der Waals surface area contributed by atoms with Crippen molar-refractivity contribution in [1.82, 2.24) is 4.90 Å². The molecule has 1 heterocycles. The fourth-order valence-corrected chi connectivity index (χ4v) is 6.98. The van der Waals surface area contributed by atoms with Crippen LogP contribution < -0.4 is 5.73 Å². The summed E-state index contributed by atoms with van der Waals surface area (Å²) in [6.45, 7) is 1.97. The number of allylic oxidation sites excluding steroid dienone is 1. The van der Waals surface area contributed by atoms with Crippen molar-refractivity contribution in [2.45, 2.75) is 31.4 Å². The van der Waals surface area contributed by atoms with E-state index in [1.54, 1.807) is 31.5 Å². The number of phenols is 1. The zero-order chi connectivity index (χ0) is 26.3. The number of phenolic OH excluding ortho intramolecular Hbond substituents is 1. The lowest BCUT2D eigenvalue weighted by molar-refractivity contribution is -0.148. The maximum atomic E-state index is 13.7. The third-order valence-corrected chi connectivity index (χ3v) is 8.65. The minimum Gasteiger partial charge on any atom is -0.510 e. The van der Waals surface area contributed by atoms with Crippen LogP contribution in [0, 0.1) is 18.8 Å². The molecule has 0 radical (unpaired) electrons. The summed E-state index contributed by atoms with van der Waals surface area (Å²) in [5, 5.41) is 44.4. The van der Waals surface area contributed by atoms with Gasteiger partial charge in [-0.05, 0) is 75.2 Å². The number of fused-ring (bicyclic) bond motifs is 3. The Bertz CT molecular complexity index is 1420. The smallest absolute Gasteiger partial charge is 0.255 e. The third kappa shape index (κ3) is 3.11. The Hall–Kier alpha value is -3.47. The highest BCUT2D eigenvalue weighted by Gasteiger charge is 2.63. The molecule has 0 aliphatic heterocycles. The van der Waals surface area contributed by atoms with Gasteiger partial charge in [0.25, 0.3) is 5.91 Å². The number of aliphatic hydroxyl groups excluding tert-OH is 2. The molecule has 0 fully saturated rings. The lowest BCUT2D eigenvalue weighted by atomic mass is 9.58. The molecule has 0 saturated heterocycles. The highest BCUT2D eigenvalue weighted by molar-refractivity contribution is 7.15. The lowest BCUT2D eigenvalue weighted by Gasteiger charge is -2.50. The van der Waals surface area contributed by atoms with Crippen LogP contribution in [0.5, 0.6) is 5.75 Å². The summed E-state index contributed by atoms with van der Waals surface area (Å²) in [4.78, 5) is 42.6. The summed E-state index contributed by atoms with van der Waals surface area (Å²) < 4.78 is 0. The first-order valence-corrected chi connectivity index (χ1v) is 12.3. The van der Waals surface area contributed by atoms with Crippen LogP contribution in [0.3, 0.4) is 0 Å². The summed E-state index contributed by atoms with van der Waals surface area (Å²) in [6.07, 6.45) is 0.319. The molecule has 3 aliphatic rings. The van der Waals surface area contributed by atoms with Crippen molar-refractivity contribution in [3.05, 3.63) is 62.9 Å². The number of hydrogen-bond acceptors (Lipinski definition) is 9. The number of amides is 1. The molecule has 36 heavy (non-hydrogen) atoms. The molecular formula is C26H26N2O7S. The summed E-state index contributed by atoms with van der Waals surface area (Å²) in [6, 6.07) is 6.05. The number of nitrogens with zero attached hydrogens (tertiary/aromatic N) is 1. The monoisotopic (exact) mass is 510 g/mol. The number of primary amides is 1. The largest absolute Gasteiger partial charge is 0.510 e. The molecule has 1 amide bonds. The van der Waals surface area contributed by atoms with Gasteiger partial charge in [-0.2, -0.15) is 0 Å². The number of Topliss-reactive ketones (excluding diaryl/α,β-unsaturated/α-hetero) is 2. The van der Waals surface area contributed by atoms with Crippen LogP contribution in [0.4, 0.5) is 0 Å². The number of ketones is 2. The number of carbonyl (C=O) groups is 3. The normalized spacial score (nSPS) is 27.8. The molecule has 0 saturated carbocycles. The van der Waals surface area contributed by atoms with E-state index in [0.717, 1.165) is 15.3 Å². The number of carbonyl (C=O) groups excluding carboxylic acids is 3. The number of thiophene rings is 1. The van der Waals surface area contributed by atoms with Gasteiger partial charge in [0.2, 0.25) is 5.78 Å². The summed E-state index contributed by atoms with van der Waals surface area (Å²) in [5.74, 6) is -6.54. The van der Waals surface area contributed by atoms with Gasteiger partial charge in [-0.1, -0.05) is 0 Å². The minimum atomic E-state index is -2.64. The van der Waals surface area contributed by atoms with E-state index in [0.29, 0.717) is 5.56 Å². The predicted octanol–water partition coefficient (Wildman–Crippen LogP) is 2.16. The van der Waals surface area contributed by atoms with Gasteiger partial charge in [-0.15, -0.1) is 11.3 Å². The van der Waals surface area contributed by atoms with E-state index >= 15 is 0 Å². The Labute approximate surface area is 210 Å². The van der Waals surface area contributed by atoms with E-state index in [1.807, 2.05) is 19.1 Å². The number of likely N-dealkylation sites (N-methyl/N-ethyl adjacent to an activating group) is 1. The molecule has 9 nitrogen and oxygen atoms in total. The summed E-state index contributed by atoms with van der Waals surface area (Å²) in [7, 11) is 3.20. The standard InChI is InChI=1S/C26H26N2O7S/c1-10-4-7-16(36-10)12-5-6-15(29)18-13(12)8-11-9-14-20(28(2)3)22(31)19(25(27)34)24(33)26(14,35)23(32)17(11)21(18)30/h4-7,11,14,20,29,31-32,35H,8-9H2,1-3H3,(H2,27,34)/t11-,14-,20-,26-/m0/s1. The van der Waals surface area contributed by atoms with Crippen molar-refractivity contribution in [2.75, 3.05) is 14.1 Å². The lowest BCUT2D eigenvalue weighted by Crippen LogP contribution is -2.63. The Balaban J connectivity index is 1.73. The minimum absolute atomic E-state index is 0.0133. The predicted molar refractivity (Wildman–Crippen MR) is 132 cm³/mol. The van der Waals surface area contributed by atoms with Crippen molar-refractivity contribution >= 4 is 28.8 Å². The maximum absolute atomic E-state index is 13.7. The van der Waals surface area contributed by atoms with Gasteiger partial charge >= 0.3 is 0 Å². The zero-order valence-corrected chi connectivity index (χ0v) is 20.7. The molecule has 2 aromatic rings. The quantitative estimate of drug-likeness (QED) is 0.393.